The van der Waals surface area contributed by atoms with Gasteiger partial charge in [-0.05, 0) is 12.5 Å². The normalized spacial score (nSPS) is 26.4. The van der Waals surface area contributed by atoms with Gasteiger partial charge in [-0.25, -0.2) is 0 Å². The number of aliphatic hydroxyl groups excluding tert-OH is 1. The van der Waals surface area contributed by atoms with Gasteiger partial charge in [0.25, 0.3) is 5.91 Å². The number of anilines is 1. The lowest BCUT2D eigenvalue weighted by Crippen LogP contribution is -2.41. The summed E-state index contributed by atoms with van der Waals surface area (Å²) in [6.45, 7) is 0. The minimum atomic E-state index is -2.07. The van der Waals surface area contributed by atoms with E-state index in [0.29, 0.717) is 24.1 Å². The van der Waals surface area contributed by atoms with Crippen molar-refractivity contribution in [2.24, 2.45) is 0 Å². The number of para-hydroxylation sites is 1. The largest absolute Gasteiger partial charge is 0.512 e. The summed E-state index contributed by atoms with van der Waals surface area (Å²) in [5, 5.41) is 23.2. The molecule has 0 radical (unpaired) electrons. The standard InChI is InChI=1S/C14H13NO4/c16-10-6-3-7-11(17)12(10)14(19)8-4-1-2-5-9(8)15-13(14)18/h1-2,4-5,16,19H,3,6-7H2,(H,15,18). The van der Waals surface area contributed by atoms with E-state index in [2.05, 4.69) is 5.32 Å². The number of hydrogen-bond donors (Lipinski definition) is 3. The van der Waals surface area contributed by atoms with Crippen LogP contribution in [0, 0.1) is 0 Å². The summed E-state index contributed by atoms with van der Waals surface area (Å²) in [5.74, 6) is -1.26. The van der Waals surface area contributed by atoms with Crippen LogP contribution in [0.3, 0.4) is 0 Å². The Bertz CT molecular complexity index is 620. The molecule has 1 amide bonds. The minimum Gasteiger partial charge on any atom is -0.512 e. The van der Waals surface area contributed by atoms with Gasteiger partial charge in [-0.15, -0.1) is 0 Å². The Morgan fingerprint density at radius 1 is 1.16 bits per heavy atom. The number of allylic oxidation sites excluding steroid dienone is 1. The number of ketones is 1. The van der Waals surface area contributed by atoms with E-state index < -0.39 is 11.5 Å². The SMILES string of the molecule is O=C1CCCC(O)=C1C1(O)C(=O)Nc2ccccc21. The molecule has 3 N–H and O–H groups in total. The van der Waals surface area contributed by atoms with Crippen LogP contribution in [-0.4, -0.2) is 21.9 Å². The second-order valence-corrected chi connectivity index (χ2v) is 4.81. The molecule has 19 heavy (non-hydrogen) atoms. The van der Waals surface area contributed by atoms with Crippen LogP contribution in [0.25, 0.3) is 0 Å². The second-order valence-electron chi connectivity index (χ2n) is 4.81. The van der Waals surface area contributed by atoms with Crippen molar-refractivity contribution in [1.82, 2.24) is 0 Å². The van der Waals surface area contributed by atoms with Gasteiger partial charge in [0.1, 0.15) is 5.76 Å². The Hall–Kier alpha value is -2.14. The first kappa shape index (κ1) is 11.9. The van der Waals surface area contributed by atoms with Crippen LogP contribution in [0.2, 0.25) is 0 Å². The van der Waals surface area contributed by atoms with Gasteiger partial charge in [-0.1, -0.05) is 18.2 Å². The molecule has 0 bridgehead atoms. The maximum absolute atomic E-state index is 12.1. The number of Topliss-reactive ketones (excluding diaryl/α,β-unsaturated/α-hetero) is 1. The quantitative estimate of drug-likeness (QED) is 0.711. The van der Waals surface area contributed by atoms with Crippen molar-refractivity contribution in [2.45, 2.75) is 24.9 Å². The smallest absolute Gasteiger partial charge is 0.266 e. The maximum atomic E-state index is 12.1. The zero-order valence-electron chi connectivity index (χ0n) is 10.1. The molecule has 2 aliphatic rings. The molecule has 1 aromatic rings. The highest BCUT2D eigenvalue weighted by atomic mass is 16.3. The summed E-state index contributed by atoms with van der Waals surface area (Å²) in [5.41, 5.74) is -1.47. The van der Waals surface area contributed by atoms with Crippen molar-refractivity contribution in [3.8, 4) is 0 Å². The third-order valence-corrected chi connectivity index (χ3v) is 3.64. The molecule has 1 heterocycles. The lowest BCUT2D eigenvalue weighted by Gasteiger charge is -2.27. The van der Waals surface area contributed by atoms with Gasteiger partial charge in [0.2, 0.25) is 5.60 Å². The topological polar surface area (TPSA) is 86.6 Å². The average molecular weight is 259 g/mol. The predicted molar refractivity (Wildman–Crippen MR) is 67.5 cm³/mol. The van der Waals surface area contributed by atoms with Gasteiger partial charge in [0.05, 0.1) is 5.57 Å². The van der Waals surface area contributed by atoms with Crippen molar-refractivity contribution in [2.75, 3.05) is 5.32 Å². The van der Waals surface area contributed by atoms with Gasteiger partial charge >= 0.3 is 0 Å². The Kier molecular flexibility index (Phi) is 2.46. The predicted octanol–water partition coefficient (Wildman–Crippen LogP) is 1.39. The van der Waals surface area contributed by atoms with E-state index in [9.17, 15) is 19.8 Å². The lowest BCUT2D eigenvalue weighted by molar-refractivity contribution is -0.134. The zero-order chi connectivity index (χ0) is 13.6. The van der Waals surface area contributed by atoms with E-state index in [1.807, 2.05) is 0 Å². The molecule has 0 spiro atoms. The first-order valence-electron chi connectivity index (χ1n) is 6.14. The summed E-state index contributed by atoms with van der Waals surface area (Å²) in [6.07, 6.45) is 1.07. The molecular formula is C14H13NO4. The van der Waals surface area contributed by atoms with E-state index >= 15 is 0 Å². The number of rotatable bonds is 1. The highest BCUT2D eigenvalue weighted by Crippen LogP contribution is 2.44. The van der Waals surface area contributed by atoms with Crippen LogP contribution in [-0.2, 0) is 15.2 Å². The average Bonchev–Trinajstić information content (AvgIpc) is 2.63. The van der Waals surface area contributed by atoms with Crippen LogP contribution in [0.15, 0.2) is 35.6 Å². The third-order valence-electron chi connectivity index (χ3n) is 3.64. The Balaban J connectivity index is 2.23. The summed E-state index contributed by atoms with van der Waals surface area (Å²) in [7, 11) is 0. The summed E-state index contributed by atoms with van der Waals surface area (Å²) in [4.78, 5) is 24.1. The molecule has 5 heteroatoms. The van der Waals surface area contributed by atoms with Gasteiger partial charge in [0.15, 0.2) is 5.78 Å². The van der Waals surface area contributed by atoms with Gasteiger partial charge in [0, 0.05) is 24.1 Å². The van der Waals surface area contributed by atoms with Crippen molar-refractivity contribution in [1.29, 1.82) is 0 Å². The number of carbonyl (C=O) groups excluding carboxylic acids is 2. The molecule has 0 saturated carbocycles. The molecule has 1 aliphatic carbocycles. The molecule has 5 nitrogen and oxygen atoms in total. The van der Waals surface area contributed by atoms with Crippen LogP contribution in [0.4, 0.5) is 5.69 Å². The summed E-state index contributed by atoms with van der Waals surface area (Å²) in [6, 6.07) is 6.63. The number of carbonyl (C=O) groups is 2. The fourth-order valence-electron chi connectivity index (χ4n) is 2.73. The molecule has 0 saturated heterocycles. The Morgan fingerprint density at radius 3 is 2.63 bits per heavy atom. The highest BCUT2D eigenvalue weighted by molar-refractivity contribution is 6.14. The van der Waals surface area contributed by atoms with Crippen LogP contribution in [0.1, 0.15) is 24.8 Å². The second kappa shape index (κ2) is 3.93. The fraction of sp³-hybridized carbons (Fsp3) is 0.286. The Morgan fingerprint density at radius 2 is 1.89 bits per heavy atom. The molecule has 1 unspecified atom stereocenters. The zero-order valence-corrected chi connectivity index (χ0v) is 10.1. The number of aliphatic hydroxyl groups is 2. The van der Waals surface area contributed by atoms with Crippen LogP contribution < -0.4 is 5.32 Å². The Labute approximate surface area is 109 Å². The molecular weight excluding hydrogens is 246 g/mol. The molecule has 1 aliphatic heterocycles. The fourth-order valence-corrected chi connectivity index (χ4v) is 2.73. The number of hydrogen-bond acceptors (Lipinski definition) is 4. The van der Waals surface area contributed by atoms with E-state index in [-0.39, 0.29) is 23.5 Å². The number of fused-ring (bicyclic) bond motifs is 1. The van der Waals surface area contributed by atoms with Crippen LogP contribution in [0.5, 0.6) is 0 Å². The highest BCUT2D eigenvalue weighted by Gasteiger charge is 2.52. The third kappa shape index (κ3) is 1.51. The van der Waals surface area contributed by atoms with Gasteiger partial charge in [-0.3, -0.25) is 9.59 Å². The summed E-state index contributed by atoms with van der Waals surface area (Å²) >= 11 is 0. The van der Waals surface area contributed by atoms with Gasteiger partial charge < -0.3 is 15.5 Å². The van der Waals surface area contributed by atoms with E-state index in [0.717, 1.165) is 0 Å². The number of amides is 1. The molecule has 0 fully saturated rings. The van der Waals surface area contributed by atoms with E-state index in [1.54, 1.807) is 24.3 Å². The van der Waals surface area contributed by atoms with Crippen LogP contribution >= 0.6 is 0 Å². The monoisotopic (exact) mass is 259 g/mol. The van der Waals surface area contributed by atoms with E-state index in [1.165, 1.54) is 0 Å². The minimum absolute atomic E-state index is 0.179. The van der Waals surface area contributed by atoms with Crippen molar-refractivity contribution < 1.29 is 19.8 Å². The molecule has 3 rings (SSSR count). The first-order valence-corrected chi connectivity index (χ1v) is 6.14. The molecule has 1 aromatic carbocycles. The van der Waals surface area contributed by atoms with Crippen molar-refractivity contribution in [3.63, 3.8) is 0 Å². The lowest BCUT2D eigenvalue weighted by atomic mass is 9.80. The summed E-state index contributed by atoms with van der Waals surface area (Å²) < 4.78 is 0. The number of nitrogens with one attached hydrogen (secondary N) is 1. The molecule has 0 aromatic heterocycles. The maximum Gasteiger partial charge on any atom is 0.266 e. The van der Waals surface area contributed by atoms with Gasteiger partial charge in [-0.2, -0.15) is 0 Å². The molecule has 1 atom stereocenters. The van der Waals surface area contributed by atoms with Crippen molar-refractivity contribution >= 4 is 17.4 Å². The first-order chi connectivity index (χ1) is 9.05. The number of benzene rings is 1. The van der Waals surface area contributed by atoms with E-state index in [4.69, 9.17) is 0 Å². The molecule has 98 valence electrons. The van der Waals surface area contributed by atoms with Crippen molar-refractivity contribution in [3.05, 3.63) is 41.2 Å².